The Morgan fingerprint density at radius 2 is 1.69 bits per heavy atom. The first-order valence-electron chi connectivity index (χ1n) is 9.79. The summed E-state index contributed by atoms with van der Waals surface area (Å²) in [7, 11) is 2.18. The SMILES string of the molecule is CN1CCN(Cc2c(OCCCc3ccccc3)ccc3c2OCO3)CC1.Cl.Cl. The van der Waals surface area contributed by atoms with Crippen LogP contribution in [-0.4, -0.2) is 56.4 Å². The molecule has 2 aliphatic rings. The number of rotatable bonds is 7. The van der Waals surface area contributed by atoms with Crippen LogP contribution in [0, 0.1) is 0 Å². The van der Waals surface area contributed by atoms with Gasteiger partial charge in [0, 0.05) is 32.7 Å². The van der Waals surface area contributed by atoms with Crippen molar-refractivity contribution in [3.05, 3.63) is 53.6 Å². The molecule has 2 heterocycles. The number of benzene rings is 2. The molecule has 2 aromatic carbocycles. The van der Waals surface area contributed by atoms with Gasteiger partial charge < -0.3 is 19.1 Å². The third-order valence-corrected chi connectivity index (χ3v) is 5.29. The van der Waals surface area contributed by atoms with Crippen molar-refractivity contribution in [1.82, 2.24) is 9.80 Å². The summed E-state index contributed by atoms with van der Waals surface area (Å²) in [6.45, 7) is 6.16. The highest BCUT2D eigenvalue weighted by molar-refractivity contribution is 5.85. The average Bonchev–Trinajstić information content (AvgIpc) is 3.18. The fourth-order valence-corrected chi connectivity index (χ4v) is 3.63. The zero-order valence-corrected chi connectivity index (χ0v) is 18.5. The van der Waals surface area contributed by atoms with Crippen LogP contribution in [0.2, 0.25) is 0 Å². The minimum atomic E-state index is 0. The summed E-state index contributed by atoms with van der Waals surface area (Å²) in [4.78, 5) is 4.83. The number of fused-ring (bicyclic) bond motifs is 1. The van der Waals surface area contributed by atoms with Gasteiger partial charge in [-0.05, 0) is 37.6 Å². The highest BCUT2D eigenvalue weighted by Gasteiger charge is 2.24. The smallest absolute Gasteiger partial charge is 0.231 e. The molecule has 0 amide bonds. The molecule has 0 aromatic heterocycles. The van der Waals surface area contributed by atoms with Crippen molar-refractivity contribution >= 4 is 24.8 Å². The van der Waals surface area contributed by atoms with Crippen LogP contribution in [0.25, 0.3) is 0 Å². The van der Waals surface area contributed by atoms with Gasteiger partial charge >= 0.3 is 0 Å². The number of ether oxygens (including phenoxy) is 3. The van der Waals surface area contributed by atoms with E-state index in [1.807, 2.05) is 12.1 Å². The maximum atomic E-state index is 6.17. The van der Waals surface area contributed by atoms with E-state index in [9.17, 15) is 0 Å². The topological polar surface area (TPSA) is 34.2 Å². The monoisotopic (exact) mass is 440 g/mol. The maximum absolute atomic E-state index is 6.17. The molecule has 2 aromatic rings. The Morgan fingerprint density at radius 1 is 0.931 bits per heavy atom. The van der Waals surface area contributed by atoms with Crippen molar-refractivity contribution in [1.29, 1.82) is 0 Å². The van der Waals surface area contributed by atoms with Gasteiger partial charge in [-0.3, -0.25) is 4.90 Å². The number of aryl methyl sites for hydroxylation is 1. The third kappa shape index (κ3) is 6.16. The first kappa shape index (κ1) is 23.6. The molecule has 2 aliphatic heterocycles. The predicted molar refractivity (Wildman–Crippen MR) is 120 cm³/mol. The molecule has 7 heteroatoms. The highest BCUT2D eigenvalue weighted by Crippen LogP contribution is 2.41. The largest absolute Gasteiger partial charge is 0.493 e. The van der Waals surface area contributed by atoms with E-state index in [1.165, 1.54) is 5.56 Å². The molecule has 0 N–H and O–H groups in total. The summed E-state index contributed by atoms with van der Waals surface area (Å²) in [5.74, 6) is 2.61. The van der Waals surface area contributed by atoms with E-state index in [0.717, 1.165) is 68.4 Å². The number of halogens is 2. The lowest BCUT2D eigenvalue weighted by molar-refractivity contribution is 0.143. The van der Waals surface area contributed by atoms with Gasteiger partial charge in [-0.15, -0.1) is 24.8 Å². The zero-order chi connectivity index (χ0) is 18.5. The van der Waals surface area contributed by atoms with Crippen LogP contribution >= 0.6 is 24.8 Å². The van der Waals surface area contributed by atoms with Crippen LogP contribution in [0.5, 0.6) is 17.2 Å². The van der Waals surface area contributed by atoms with E-state index in [4.69, 9.17) is 14.2 Å². The van der Waals surface area contributed by atoms with Gasteiger partial charge in [0.15, 0.2) is 11.5 Å². The Bertz CT molecular complexity index is 753. The maximum Gasteiger partial charge on any atom is 0.231 e. The van der Waals surface area contributed by atoms with Gasteiger partial charge in [-0.2, -0.15) is 0 Å². The van der Waals surface area contributed by atoms with Gasteiger partial charge in [0.2, 0.25) is 6.79 Å². The molecule has 0 spiro atoms. The zero-order valence-electron chi connectivity index (χ0n) is 16.8. The van der Waals surface area contributed by atoms with Gasteiger partial charge in [-0.1, -0.05) is 30.3 Å². The summed E-state index contributed by atoms with van der Waals surface area (Å²) in [5.41, 5.74) is 2.47. The van der Waals surface area contributed by atoms with Crippen molar-refractivity contribution < 1.29 is 14.2 Å². The van der Waals surface area contributed by atoms with Crippen molar-refractivity contribution in [2.45, 2.75) is 19.4 Å². The normalized spacial score (nSPS) is 16.0. The molecule has 0 atom stereocenters. The minimum absolute atomic E-state index is 0. The molecule has 0 radical (unpaired) electrons. The van der Waals surface area contributed by atoms with Gasteiger partial charge in [0.05, 0.1) is 12.2 Å². The molecule has 1 fully saturated rings. The van der Waals surface area contributed by atoms with Crippen molar-refractivity contribution in [2.24, 2.45) is 0 Å². The Hall–Kier alpha value is -1.66. The summed E-state index contributed by atoms with van der Waals surface area (Å²) < 4.78 is 17.5. The second-order valence-electron chi connectivity index (χ2n) is 7.29. The quantitative estimate of drug-likeness (QED) is 0.607. The van der Waals surface area contributed by atoms with Crippen LogP contribution in [0.3, 0.4) is 0 Å². The molecule has 5 nitrogen and oxygen atoms in total. The van der Waals surface area contributed by atoms with Gasteiger partial charge in [0.1, 0.15) is 5.75 Å². The van der Waals surface area contributed by atoms with Crippen LogP contribution in [0.1, 0.15) is 17.5 Å². The lowest BCUT2D eigenvalue weighted by Gasteiger charge is -2.32. The first-order chi connectivity index (χ1) is 13.3. The van der Waals surface area contributed by atoms with E-state index in [-0.39, 0.29) is 24.8 Å². The minimum Gasteiger partial charge on any atom is -0.493 e. The molecule has 4 rings (SSSR count). The molecular formula is C22H30Cl2N2O3. The number of hydrogen-bond acceptors (Lipinski definition) is 5. The van der Waals surface area contributed by atoms with E-state index in [0.29, 0.717) is 13.4 Å². The average molecular weight is 441 g/mol. The Morgan fingerprint density at radius 3 is 2.45 bits per heavy atom. The van der Waals surface area contributed by atoms with E-state index in [2.05, 4.69) is 47.2 Å². The highest BCUT2D eigenvalue weighted by atomic mass is 35.5. The summed E-state index contributed by atoms with van der Waals surface area (Å²) in [6, 6.07) is 14.5. The lowest BCUT2D eigenvalue weighted by Crippen LogP contribution is -2.43. The Kier molecular flexibility index (Phi) is 9.37. The second kappa shape index (κ2) is 11.5. The van der Waals surface area contributed by atoms with Crippen LogP contribution in [-0.2, 0) is 13.0 Å². The lowest BCUT2D eigenvalue weighted by atomic mass is 10.1. The number of piperazine rings is 1. The van der Waals surface area contributed by atoms with Gasteiger partial charge in [0.25, 0.3) is 0 Å². The molecule has 0 saturated carbocycles. The molecule has 0 bridgehead atoms. The molecule has 1 saturated heterocycles. The number of likely N-dealkylation sites (N-methyl/N-ethyl adjacent to an activating group) is 1. The van der Waals surface area contributed by atoms with E-state index in [1.54, 1.807) is 0 Å². The van der Waals surface area contributed by atoms with E-state index < -0.39 is 0 Å². The fraction of sp³-hybridized carbons (Fsp3) is 0.455. The number of hydrogen-bond donors (Lipinski definition) is 0. The van der Waals surface area contributed by atoms with Crippen LogP contribution in [0.4, 0.5) is 0 Å². The fourth-order valence-electron chi connectivity index (χ4n) is 3.63. The predicted octanol–water partition coefficient (Wildman–Crippen LogP) is 4.02. The van der Waals surface area contributed by atoms with Gasteiger partial charge in [-0.25, -0.2) is 0 Å². The van der Waals surface area contributed by atoms with Crippen molar-refractivity contribution in [3.63, 3.8) is 0 Å². The van der Waals surface area contributed by atoms with Crippen LogP contribution < -0.4 is 14.2 Å². The van der Waals surface area contributed by atoms with Crippen molar-refractivity contribution in [3.8, 4) is 17.2 Å². The Labute approximate surface area is 185 Å². The summed E-state index contributed by atoms with van der Waals surface area (Å²) in [5, 5.41) is 0. The third-order valence-electron chi connectivity index (χ3n) is 5.29. The van der Waals surface area contributed by atoms with Crippen molar-refractivity contribution in [2.75, 3.05) is 46.6 Å². The van der Waals surface area contributed by atoms with Crippen LogP contribution in [0.15, 0.2) is 42.5 Å². The molecule has 29 heavy (non-hydrogen) atoms. The molecule has 0 aliphatic carbocycles. The summed E-state index contributed by atoms with van der Waals surface area (Å²) in [6.07, 6.45) is 2.02. The van der Waals surface area contributed by atoms with E-state index >= 15 is 0 Å². The first-order valence-corrected chi connectivity index (χ1v) is 9.79. The molecule has 0 unspecified atom stereocenters. The molecule has 160 valence electrons. The summed E-state index contributed by atoms with van der Waals surface area (Å²) >= 11 is 0. The second-order valence-corrected chi connectivity index (χ2v) is 7.29. The Balaban J connectivity index is 0.00000150. The molecular weight excluding hydrogens is 411 g/mol. The number of nitrogens with zero attached hydrogens (tertiary/aromatic N) is 2. The standard InChI is InChI=1S/C22H28N2O3.2ClH/c1-23-11-13-24(14-12-23)16-19-20(9-10-21-22(19)27-17-26-21)25-15-5-8-18-6-3-2-4-7-18;;/h2-4,6-7,9-10H,5,8,11-17H2,1H3;2*1H.